The number of nitrogens with zero attached hydrogens (tertiary/aromatic N) is 4. The number of methoxy groups -OCH3 is 1. The number of aromatic amines is 1. The maximum absolute atomic E-state index is 14.2. The van der Waals surface area contributed by atoms with Crippen LogP contribution in [0.1, 0.15) is 29.0 Å². The van der Waals surface area contributed by atoms with E-state index in [1.165, 1.54) is 17.7 Å². The van der Waals surface area contributed by atoms with E-state index in [0.29, 0.717) is 36.8 Å². The van der Waals surface area contributed by atoms with Crippen LogP contribution in [0.5, 0.6) is 5.88 Å². The monoisotopic (exact) mass is 411 g/mol. The van der Waals surface area contributed by atoms with E-state index in [1.807, 2.05) is 0 Å². The normalized spacial score (nSPS) is 14.7. The van der Waals surface area contributed by atoms with Crippen molar-refractivity contribution < 1.29 is 13.9 Å². The fourth-order valence-corrected chi connectivity index (χ4v) is 3.83. The minimum Gasteiger partial charge on any atom is -0.480 e. The first-order valence-corrected chi connectivity index (χ1v) is 9.78. The third-order valence-electron chi connectivity index (χ3n) is 5.40. The molecule has 0 unspecified atom stereocenters. The van der Waals surface area contributed by atoms with E-state index in [4.69, 9.17) is 4.74 Å². The first-order chi connectivity index (χ1) is 14.6. The van der Waals surface area contributed by atoms with Crippen LogP contribution in [0.2, 0.25) is 0 Å². The Labute approximate surface area is 172 Å². The lowest BCUT2D eigenvalue weighted by Crippen LogP contribution is -2.39. The Balaban J connectivity index is 1.45. The van der Waals surface area contributed by atoms with Crippen LogP contribution in [0, 0.1) is 11.7 Å². The molecule has 1 N–H and O–H groups in total. The van der Waals surface area contributed by atoms with Crippen LogP contribution in [0.25, 0.3) is 5.69 Å². The molecule has 2 aromatic heterocycles. The average Bonchev–Trinajstić information content (AvgIpc) is 3.14. The van der Waals surface area contributed by atoms with E-state index >= 15 is 0 Å². The summed E-state index contributed by atoms with van der Waals surface area (Å²) in [4.78, 5) is 30.9. The summed E-state index contributed by atoms with van der Waals surface area (Å²) in [5.74, 6) is 0.443. The molecule has 9 heteroatoms. The number of piperidine rings is 1. The van der Waals surface area contributed by atoms with Crippen LogP contribution >= 0.6 is 0 Å². The number of carbonyl (C=O) groups excluding carboxylic acids is 1. The van der Waals surface area contributed by atoms with Crippen molar-refractivity contribution in [2.24, 2.45) is 5.92 Å². The number of likely N-dealkylation sites (tertiary alicyclic amines) is 1. The van der Waals surface area contributed by atoms with Crippen molar-refractivity contribution >= 4 is 5.91 Å². The standard InChI is InChI=1S/C21H22FN5O3/c1-30-19-15(5-4-10-23-19)20(28)26-11-8-14(9-12-26)13-18-24-25-21(29)27(18)17-7-3-2-6-16(17)22/h2-7,10,14H,8-9,11-13H2,1H3,(H,25,29). The van der Waals surface area contributed by atoms with Gasteiger partial charge in [0.1, 0.15) is 17.2 Å². The summed E-state index contributed by atoms with van der Waals surface area (Å²) in [6.45, 7) is 1.16. The molecule has 156 valence electrons. The number of hydrogen-bond acceptors (Lipinski definition) is 5. The van der Waals surface area contributed by atoms with Crippen molar-refractivity contribution in [1.82, 2.24) is 24.6 Å². The molecule has 1 aromatic carbocycles. The van der Waals surface area contributed by atoms with Crippen molar-refractivity contribution in [3.63, 3.8) is 0 Å². The number of H-pyrrole nitrogens is 1. The maximum atomic E-state index is 14.2. The molecule has 1 saturated heterocycles. The lowest BCUT2D eigenvalue weighted by Gasteiger charge is -2.32. The number of hydrogen-bond donors (Lipinski definition) is 1. The van der Waals surface area contributed by atoms with Gasteiger partial charge in [0, 0.05) is 25.7 Å². The van der Waals surface area contributed by atoms with Crippen LogP contribution in [0.4, 0.5) is 4.39 Å². The second-order valence-corrected chi connectivity index (χ2v) is 7.23. The predicted octanol–water partition coefficient (Wildman–Crippen LogP) is 2.20. The van der Waals surface area contributed by atoms with Gasteiger partial charge in [-0.05, 0) is 43.0 Å². The van der Waals surface area contributed by atoms with E-state index in [0.717, 1.165) is 12.8 Å². The van der Waals surface area contributed by atoms with Crippen LogP contribution in [0.3, 0.4) is 0 Å². The van der Waals surface area contributed by atoms with Gasteiger partial charge >= 0.3 is 5.69 Å². The van der Waals surface area contributed by atoms with Crippen molar-refractivity contribution in [2.45, 2.75) is 19.3 Å². The van der Waals surface area contributed by atoms with Gasteiger partial charge in [0.2, 0.25) is 5.88 Å². The largest absolute Gasteiger partial charge is 0.480 e. The fourth-order valence-electron chi connectivity index (χ4n) is 3.83. The van der Waals surface area contributed by atoms with Gasteiger partial charge in [-0.1, -0.05) is 12.1 Å². The molecule has 0 radical (unpaired) electrons. The molecule has 0 atom stereocenters. The van der Waals surface area contributed by atoms with Gasteiger partial charge in [-0.2, -0.15) is 5.10 Å². The lowest BCUT2D eigenvalue weighted by molar-refractivity contribution is 0.0685. The molecule has 0 bridgehead atoms. The Morgan fingerprint density at radius 3 is 2.73 bits per heavy atom. The molecular formula is C21H22FN5O3. The summed E-state index contributed by atoms with van der Waals surface area (Å²) in [5, 5.41) is 6.52. The highest BCUT2D eigenvalue weighted by atomic mass is 19.1. The van der Waals surface area contributed by atoms with Crippen LogP contribution in [0.15, 0.2) is 47.4 Å². The highest BCUT2D eigenvalue weighted by Crippen LogP contribution is 2.25. The summed E-state index contributed by atoms with van der Waals surface area (Å²) >= 11 is 0. The average molecular weight is 411 g/mol. The SMILES string of the molecule is COc1ncccc1C(=O)N1CCC(Cc2n[nH]c(=O)n2-c2ccccc2F)CC1. The van der Waals surface area contributed by atoms with Gasteiger partial charge < -0.3 is 9.64 Å². The van der Waals surface area contributed by atoms with Gasteiger partial charge in [0.15, 0.2) is 0 Å². The zero-order valence-corrected chi connectivity index (χ0v) is 16.5. The molecule has 3 aromatic rings. The molecule has 1 amide bonds. The Kier molecular flexibility index (Phi) is 5.60. The molecule has 1 aliphatic heterocycles. The van der Waals surface area contributed by atoms with Crippen molar-refractivity contribution in [3.05, 3.63) is 70.3 Å². The van der Waals surface area contributed by atoms with Crippen molar-refractivity contribution in [3.8, 4) is 11.6 Å². The Bertz CT molecular complexity index is 1100. The summed E-state index contributed by atoms with van der Waals surface area (Å²) in [6.07, 6.45) is 3.62. The molecule has 8 nitrogen and oxygen atoms in total. The van der Waals surface area contributed by atoms with Gasteiger partial charge in [-0.15, -0.1) is 0 Å². The number of carbonyl (C=O) groups is 1. The van der Waals surface area contributed by atoms with Gasteiger partial charge in [0.05, 0.1) is 12.8 Å². The molecule has 0 spiro atoms. The zero-order valence-electron chi connectivity index (χ0n) is 16.5. The number of para-hydroxylation sites is 1. The smallest absolute Gasteiger partial charge is 0.348 e. The number of rotatable bonds is 5. The zero-order chi connectivity index (χ0) is 21.1. The summed E-state index contributed by atoms with van der Waals surface area (Å²) in [6, 6.07) is 9.54. The second-order valence-electron chi connectivity index (χ2n) is 7.23. The van der Waals surface area contributed by atoms with E-state index in [9.17, 15) is 14.0 Å². The van der Waals surface area contributed by atoms with Gasteiger partial charge in [0.25, 0.3) is 5.91 Å². The predicted molar refractivity (Wildman–Crippen MR) is 107 cm³/mol. The van der Waals surface area contributed by atoms with Crippen molar-refractivity contribution in [2.75, 3.05) is 20.2 Å². The summed E-state index contributed by atoms with van der Waals surface area (Å²) in [7, 11) is 1.49. The molecular weight excluding hydrogens is 389 g/mol. The molecule has 3 heterocycles. The molecule has 1 fully saturated rings. The highest BCUT2D eigenvalue weighted by molar-refractivity contribution is 5.96. The topological polar surface area (TPSA) is 93.1 Å². The Morgan fingerprint density at radius 1 is 1.23 bits per heavy atom. The number of halogens is 1. The number of ether oxygens (including phenoxy) is 1. The fraction of sp³-hybridized carbons (Fsp3) is 0.333. The first-order valence-electron chi connectivity index (χ1n) is 9.78. The number of pyridine rings is 1. The van der Waals surface area contributed by atoms with Crippen molar-refractivity contribution in [1.29, 1.82) is 0 Å². The van der Waals surface area contributed by atoms with Crippen LogP contribution in [-0.4, -0.2) is 50.8 Å². The number of nitrogens with one attached hydrogen (secondary N) is 1. The minimum absolute atomic E-state index is 0.110. The molecule has 30 heavy (non-hydrogen) atoms. The maximum Gasteiger partial charge on any atom is 0.348 e. The number of aromatic nitrogens is 4. The summed E-state index contributed by atoms with van der Waals surface area (Å²) < 4.78 is 20.7. The van der Waals surface area contributed by atoms with Crippen LogP contribution in [-0.2, 0) is 6.42 Å². The first kappa shape index (κ1) is 19.8. The Morgan fingerprint density at radius 2 is 2.00 bits per heavy atom. The van der Waals surface area contributed by atoms with Gasteiger partial charge in [-0.3, -0.25) is 4.79 Å². The second kappa shape index (κ2) is 8.48. The molecule has 0 saturated carbocycles. The number of amides is 1. The van der Waals surface area contributed by atoms with E-state index in [2.05, 4.69) is 15.2 Å². The lowest BCUT2D eigenvalue weighted by atomic mass is 9.93. The van der Waals surface area contributed by atoms with Gasteiger partial charge in [-0.25, -0.2) is 23.8 Å². The molecule has 4 rings (SSSR count). The van der Waals surface area contributed by atoms with E-state index in [1.54, 1.807) is 41.4 Å². The van der Waals surface area contributed by atoms with E-state index < -0.39 is 11.5 Å². The highest BCUT2D eigenvalue weighted by Gasteiger charge is 2.27. The summed E-state index contributed by atoms with van der Waals surface area (Å²) in [5.41, 5.74) is 0.160. The minimum atomic E-state index is -0.479. The third-order valence-corrected chi connectivity index (χ3v) is 5.40. The Hall–Kier alpha value is -3.49. The molecule has 1 aliphatic rings. The number of benzene rings is 1. The quantitative estimate of drug-likeness (QED) is 0.695. The van der Waals surface area contributed by atoms with E-state index in [-0.39, 0.29) is 17.5 Å². The van der Waals surface area contributed by atoms with Crippen LogP contribution < -0.4 is 10.4 Å². The molecule has 0 aliphatic carbocycles. The third kappa shape index (κ3) is 3.83.